The van der Waals surface area contributed by atoms with Crippen molar-refractivity contribution in [2.24, 2.45) is 0 Å². The van der Waals surface area contributed by atoms with Gasteiger partial charge in [0.25, 0.3) is 0 Å². The van der Waals surface area contributed by atoms with E-state index in [-0.39, 0.29) is 23.7 Å². The van der Waals surface area contributed by atoms with Gasteiger partial charge in [-0.2, -0.15) is 13.2 Å². The molecule has 0 aliphatic rings. The molecule has 2 rings (SSSR count). The van der Waals surface area contributed by atoms with E-state index >= 15 is 0 Å². The zero-order chi connectivity index (χ0) is 14.0. The maximum absolute atomic E-state index is 12.6. The Morgan fingerprint density at radius 3 is 2.68 bits per heavy atom. The van der Waals surface area contributed by atoms with Crippen molar-refractivity contribution in [2.75, 3.05) is 6.61 Å². The first kappa shape index (κ1) is 13.8. The van der Waals surface area contributed by atoms with Crippen LogP contribution in [0.25, 0.3) is 5.69 Å². The Bertz CT molecular complexity index is 583. The number of halogens is 4. The van der Waals surface area contributed by atoms with Crippen LogP contribution in [0, 0.1) is 0 Å². The summed E-state index contributed by atoms with van der Waals surface area (Å²) < 4.78 is 39.0. The van der Waals surface area contributed by atoms with Gasteiger partial charge in [-0.05, 0) is 18.2 Å². The average Bonchev–Trinajstić information content (AvgIpc) is 2.77. The Hall–Kier alpha value is -1.60. The lowest BCUT2D eigenvalue weighted by atomic mass is 10.2. The first-order chi connectivity index (χ1) is 8.91. The standard InChI is InChI=1S/C11H9ClF3N3O/c12-9-2-1-7(11(13,14)15)5-10(9)18-6-8(3-4-19)16-17-18/h1-2,5-6,19H,3-4H2. The molecule has 0 fully saturated rings. The van der Waals surface area contributed by atoms with Crippen LogP contribution in [0.15, 0.2) is 24.4 Å². The van der Waals surface area contributed by atoms with Gasteiger partial charge in [0, 0.05) is 13.0 Å². The normalized spacial score (nSPS) is 11.8. The van der Waals surface area contributed by atoms with Crippen molar-refractivity contribution in [3.05, 3.63) is 40.7 Å². The van der Waals surface area contributed by atoms with Gasteiger partial charge in [0.05, 0.1) is 28.2 Å². The number of benzene rings is 1. The molecular formula is C11H9ClF3N3O. The monoisotopic (exact) mass is 291 g/mol. The average molecular weight is 292 g/mol. The molecule has 0 aliphatic heterocycles. The van der Waals surface area contributed by atoms with Gasteiger partial charge < -0.3 is 5.11 Å². The van der Waals surface area contributed by atoms with Gasteiger partial charge in [-0.3, -0.25) is 0 Å². The van der Waals surface area contributed by atoms with E-state index in [2.05, 4.69) is 10.3 Å². The fraction of sp³-hybridized carbons (Fsp3) is 0.273. The van der Waals surface area contributed by atoms with Gasteiger partial charge in [0.15, 0.2) is 0 Å². The molecule has 0 radical (unpaired) electrons. The second-order valence-electron chi connectivity index (χ2n) is 3.79. The molecule has 0 bridgehead atoms. The zero-order valence-electron chi connectivity index (χ0n) is 9.52. The summed E-state index contributed by atoms with van der Waals surface area (Å²) in [6, 6.07) is 2.96. The predicted molar refractivity (Wildman–Crippen MR) is 62.2 cm³/mol. The lowest BCUT2D eigenvalue weighted by Crippen LogP contribution is -2.06. The van der Waals surface area contributed by atoms with Crippen molar-refractivity contribution < 1.29 is 18.3 Å². The number of aromatic nitrogens is 3. The molecule has 0 aliphatic carbocycles. The summed E-state index contributed by atoms with van der Waals surface area (Å²) in [4.78, 5) is 0. The van der Waals surface area contributed by atoms with E-state index in [1.165, 1.54) is 6.20 Å². The minimum Gasteiger partial charge on any atom is -0.396 e. The molecule has 1 aromatic heterocycles. The quantitative estimate of drug-likeness (QED) is 0.945. The van der Waals surface area contributed by atoms with Crippen LogP contribution in [-0.4, -0.2) is 26.7 Å². The van der Waals surface area contributed by atoms with Crippen LogP contribution in [0.5, 0.6) is 0 Å². The fourth-order valence-electron chi connectivity index (χ4n) is 1.51. The highest BCUT2D eigenvalue weighted by Crippen LogP contribution is 2.32. The number of hydrogen-bond donors (Lipinski definition) is 1. The van der Waals surface area contributed by atoms with Crippen LogP contribution in [0.3, 0.4) is 0 Å². The molecule has 19 heavy (non-hydrogen) atoms. The summed E-state index contributed by atoms with van der Waals surface area (Å²) in [7, 11) is 0. The molecule has 0 atom stereocenters. The van der Waals surface area contributed by atoms with Crippen LogP contribution in [-0.2, 0) is 12.6 Å². The van der Waals surface area contributed by atoms with E-state index in [1.54, 1.807) is 0 Å². The first-order valence-corrected chi connectivity index (χ1v) is 5.69. The lowest BCUT2D eigenvalue weighted by Gasteiger charge is -2.09. The minimum absolute atomic E-state index is 0.0909. The van der Waals surface area contributed by atoms with Crippen LogP contribution >= 0.6 is 11.6 Å². The Morgan fingerprint density at radius 2 is 2.05 bits per heavy atom. The third kappa shape index (κ3) is 3.05. The fourth-order valence-corrected chi connectivity index (χ4v) is 1.71. The Balaban J connectivity index is 2.42. The van der Waals surface area contributed by atoms with E-state index in [9.17, 15) is 13.2 Å². The van der Waals surface area contributed by atoms with Gasteiger partial charge >= 0.3 is 6.18 Å². The number of aliphatic hydroxyl groups excluding tert-OH is 1. The second kappa shape index (κ2) is 5.18. The molecule has 8 heteroatoms. The van der Waals surface area contributed by atoms with Crippen molar-refractivity contribution >= 4 is 11.6 Å². The molecule has 1 aromatic carbocycles. The molecule has 0 spiro atoms. The van der Waals surface area contributed by atoms with Gasteiger partial charge in [0.2, 0.25) is 0 Å². The molecular weight excluding hydrogens is 283 g/mol. The van der Waals surface area contributed by atoms with Crippen LogP contribution in [0.1, 0.15) is 11.3 Å². The molecule has 1 N–H and O–H groups in total. The summed E-state index contributed by atoms with van der Waals surface area (Å²) in [5, 5.41) is 16.3. The van der Waals surface area contributed by atoms with Crippen LogP contribution < -0.4 is 0 Å². The number of rotatable bonds is 3. The van der Waals surface area contributed by atoms with E-state index in [0.717, 1.165) is 22.9 Å². The largest absolute Gasteiger partial charge is 0.416 e. The number of alkyl halides is 3. The maximum atomic E-state index is 12.6. The van der Waals surface area contributed by atoms with E-state index in [1.807, 2.05) is 0 Å². The summed E-state index contributed by atoms with van der Waals surface area (Å²) in [5.41, 5.74) is -0.254. The highest BCUT2D eigenvalue weighted by atomic mass is 35.5. The smallest absolute Gasteiger partial charge is 0.396 e. The minimum atomic E-state index is -4.45. The maximum Gasteiger partial charge on any atom is 0.416 e. The highest BCUT2D eigenvalue weighted by molar-refractivity contribution is 6.32. The zero-order valence-corrected chi connectivity index (χ0v) is 10.3. The van der Waals surface area contributed by atoms with Gasteiger partial charge in [-0.1, -0.05) is 16.8 Å². The Kier molecular flexibility index (Phi) is 3.77. The molecule has 2 aromatic rings. The van der Waals surface area contributed by atoms with Crippen molar-refractivity contribution in [1.29, 1.82) is 0 Å². The van der Waals surface area contributed by atoms with Crippen molar-refractivity contribution in [1.82, 2.24) is 15.0 Å². The first-order valence-electron chi connectivity index (χ1n) is 5.31. The number of aliphatic hydroxyl groups is 1. The van der Waals surface area contributed by atoms with Crippen molar-refractivity contribution in [2.45, 2.75) is 12.6 Å². The summed E-state index contributed by atoms with van der Waals surface area (Å²) >= 11 is 5.86. The third-order valence-electron chi connectivity index (χ3n) is 2.43. The molecule has 0 unspecified atom stereocenters. The summed E-state index contributed by atoms with van der Waals surface area (Å²) in [6.07, 6.45) is -2.75. The summed E-state index contributed by atoms with van der Waals surface area (Å²) in [5.74, 6) is 0. The SMILES string of the molecule is OCCc1cn(-c2cc(C(F)(F)F)ccc2Cl)nn1. The van der Waals surface area contributed by atoms with Crippen LogP contribution in [0.2, 0.25) is 5.02 Å². The molecule has 102 valence electrons. The van der Waals surface area contributed by atoms with Gasteiger partial charge in [-0.15, -0.1) is 5.10 Å². The van der Waals surface area contributed by atoms with Crippen molar-refractivity contribution in [3.63, 3.8) is 0 Å². The Labute approximate surface area is 111 Å². The highest BCUT2D eigenvalue weighted by Gasteiger charge is 2.31. The molecule has 0 saturated carbocycles. The van der Waals surface area contributed by atoms with E-state index in [4.69, 9.17) is 16.7 Å². The van der Waals surface area contributed by atoms with Gasteiger partial charge in [0.1, 0.15) is 0 Å². The molecule has 0 saturated heterocycles. The van der Waals surface area contributed by atoms with Crippen LogP contribution in [0.4, 0.5) is 13.2 Å². The molecule has 4 nitrogen and oxygen atoms in total. The van der Waals surface area contributed by atoms with E-state index < -0.39 is 11.7 Å². The third-order valence-corrected chi connectivity index (χ3v) is 2.75. The predicted octanol–water partition coefficient (Wildman–Crippen LogP) is 2.47. The topological polar surface area (TPSA) is 50.9 Å². The van der Waals surface area contributed by atoms with E-state index in [0.29, 0.717) is 5.69 Å². The lowest BCUT2D eigenvalue weighted by molar-refractivity contribution is -0.137. The number of nitrogens with zero attached hydrogens (tertiary/aromatic N) is 3. The molecule has 0 amide bonds. The summed E-state index contributed by atoms with van der Waals surface area (Å²) in [6.45, 7) is -0.116. The Morgan fingerprint density at radius 1 is 1.32 bits per heavy atom. The molecule has 1 heterocycles. The van der Waals surface area contributed by atoms with Gasteiger partial charge in [-0.25, -0.2) is 4.68 Å². The second-order valence-corrected chi connectivity index (χ2v) is 4.20. The number of hydrogen-bond acceptors (Lipinski definition) is 3. The van der Waals surface area contributed by atoms with Crippen molar-refractivity contribution in [3.8, 4) is 5.69 Å².